The largest absolute Gasteiger partial charge is 0.334 e. The molecule has 0 unspecified atom stereocenters. The fraction of sp³-hybridized carbons (Fsp3) is 0.400. The number of nitrogens with two attached hydrogens (primary N) is 1. The van der Waals surface area contributed by atoms with Gasteiger partial charge in [0.1, 0.15) is 6.20 Å². The van der Waals surface area contributed by atoms with Gasteiger partial charge in [-0.15, -0.1) is 5.10 Å². The summed E-state index contributed by atoms with van der Waals surface area (Å²) in [6.07, 6.45) is 1.08. The Kier molecular flexibility index (Phi) is 2.48. The number of hydrogen-bond acceptors (Lipinski definition) is 5. The summed E-state index contributed by atoms with van der Waals surface area (Å²) in [6.45, 7) is 1.95. The molecule has 1 aromatic rings. The summed E-state index contributed by atoms with van der Waals surface area (Å²) in [5.41, 5.74) is -0.337. The molecule has 0 aromatic carbocycles. The third kappa shape index (κ3) is 1.70. The van der Waals surface area contributed by atoms with Gasteiger partial charge in [0.05, 0.1) is 0 Å². The Morgan fingerprint density at radius 1 is 1.82 bits per heavy atom. The summed E-state index contributed by atoms with van der Waals surface area (Å²) in [5.74, 6) is 6.16. The smallest absolute Gasteiger partial charge is 0.291 e. The van der Waals surface area contributed by atoms with Crippen molar-refractivity contribution in [2.24, 2.45) is 0 Å². The van der Waals surface area contributed by atoms with Gasteiger partial charge in [0.2, 0.25) is 5.16 Å². The Morgan fingerprint density at radius 2 is 2.55 bits per heavy atom. The molecular weight excluding hydrogens is 164 g/mol. The van der Waals surface area contributed by atoms with E-state index in [9.17, 15) is 4.79 Å². The molecule has 11 heavy (non-hydrogen) atoms. The lowest BCUT2D eigenvalue weighted by molar-refractivity contribution is 0.699. The molecule has 60 valence electrons. The highest BCUT2D eigenvalue weighted by molar-refractivity contribution is 7.99. The van der Waals surface area contributed by atoms with E-state index in [1.807, 2.05) is 6.92 Å². The molecule has 2 N–H and O–H groups in total. The Hall–Kier alpha value is -1.04. The molecular formula is C5H8N4OS. The standard InChI is InChI=1S/C5H8N4OS/c1-2-11-5-8-7-3-4(10)9(5)6/h3H,2,6H2,1H3. The second kappa shape index (κ2) is 3.38. The first-order chi connectivity index (χ1) is 5.25. The van der Waals surface area contributed by atoms with Gasteiger partial charge in [-0.2, -0.15) is 9.77 Å². The first-order valence-corrected chi connectivity index (χ1v) is 4.07. The van der Waals surface area contributed by atoms with Crippen LogP contribution < -0.4 is 11.4 Å². The maximum atomic E-state index is 10.8. The first kappa shape index (κ1) is 8.06. The second-order valence-electron chi connectivity index (χ2n) is 1.77. The van der Waals surface area contributed by atoms with E-state index in [0.717, 1.165) is 16.6 Å². The van der Waals surface area contributed by atoms with E-state index in [4.69, 9.17) is 5.84 Å². The minimum absolute atomic E-state index is 0.337. The fourth-order valence-electron chi connectivity index (χ4n) is 0.560. The summed E-state index contributed by atoms with van der Waals surface area (Å²) in [7, 11) is 0. The molecule has 1 heterocycles. The van der Waals surface area contributed by atoms with Crippen LogP contribution in [0.25, 0.3) is 0 Å². The Balaban J connectivity index is 3.06. The monoisotopic (exact) mass is 172 g/mol. The van der Waals surface area contributed by atoms with Crippen LogP contribution >= 0.6 is 11.8 Å². The van der Waals surface area contributed by atoms with Crippen LogP contribution in [0.5, 0.6) is 0 Å². The SMILES string of the molecule is CCSc1nncc(=O)n1N. The lowest BCUT2D eigenvalue weighted by atomic mass is 10.8. The summed E-state index contributed by atoms with van der Waals surface area (Å²) in [6, 6.07) is 0. The lowest BCUT2D eigenvalue weighted by Gasteiger charge is -2.00. The van der Waals surface area contributed by atoms with Crippen molar-refractivity contribution >= 4 is 11.8 Å². The molecule has 0 saturated heterocycles. The van der Waals surface area contributed by atoms with E-state index < -0.39 is 0 Å². The van der Waals surface area contributed by atoms with Crippen LogP contribution in [-0.2, 0) is 0 Å². The van der Waals surface area contributed by atoms with Crippen molar-refractivity contribution in [2.75, 3.05) is 11.6 Å². The fourth-order valence-corrected chi connectivity index (χ4v) is 1.15. The van der Waals surface area contributed by atoms with Crippen LogP contribution in [0.2, 0.25) is 0 Å². The topological polar surface area (TPSA) is 73.8 Å². The maximum Gasteiger partial charge on any atom is 0.291 e. The van der Waals surface area contributed by atoms with Crippen LogP contribution in [0.1, 0.15) is 6.92 Å². The molecule has 0 fully saturated rings. The quantitative estimate of drug-likeness (QED) is 0.479. The molecule has 0 bridgehead atoms. The zero-order chi connectivity index (χ0) is 8.27. The van der Waals surface area contributed by atoms with E-state index in [2.05, 4.69) is 10.2 Å². The zero-order valence-corrected chi connectivity index (χ0v) is 6.84. The molecule has 1 aromatic heterocycles. The number of aromatic nitrogens is 3. The molecule has 0 atom stereocenters. The van der Waals surface area contributed by atoms with Crippen molar-refractivity contribution in [3.05, 3.63) is 16.6 Å². The maximum absolute atomic E-state index is 10.8. The minimum atomic E-state index is -0.337. The number of nitrogen functional groups attached to an aromatic ring is 1. The first-order valence-electron chi connectivity index (χ1n) is 3.08. The number of thioether (sulfide) groups is 1. The summed E-state index contributed by atoms with van der Waals surface area (Å²) < 4.78 is 0.987. The van der Waals surface area contributed by atoms with E-state index >= 15 is 0 Å². The molecule has 0 aliphatic carbocycles. The van der Waals surface area contributed by atoms with Gasteiger partial charge >= 0.3 is 0 Å². The van der Waals surface area contributed by atoms with Crippen molar-refractivity contribution in [1.29, 1.82) is 0 Å². The van der Waals surface area contributed by atoms with Crippen LogP contribution in [0.3, 0.4) is 0 Å². The van der Waals surface area contributed by atoms with Gasteiger partial charge in [-0.05, 0) is 5.75 Å². The Bertz CT molecular complexity index is 297. The van der Waals surface area contributed by atoms with E-state index in [0.29, 0.717) is 5.16 Å². The van der Waals surface area contributed by atoms with Crippen LogP contribution in [0.15, 0.2) is 16.1 Å². The summed E-state index contributed by atoms with van der Waals surface area (Å²) in [5, 5.41) is 7.60. The highest BCUT2D eigenvalue weighted by atomic mass is 32.2. The molecule has 5 nitrogen and oxygen atoms in total. The van der Waals surface area contributed by atoms with Crippen molar-refractivity contribution in [1.82, 2.24) is 14.9 Å². The molecule has 0 radical (unpaired) electrons. The van der Waals surface area contributed by atoms with Crippen LogP contribution in [-0.4, -0.2) is 20.6 Å². The lowest BCUT2D eigenvalue weighted by Crippen LogP contribution is -2.29. The molecule has 0 amide bonds. The van der Waals surface area contributed by atoms with Gasteiger partial charge in [0.15, 0.2) is 0 Å². The van der Waals surface area contributed by atoms with Crippen LogP contribution in [0.4, 0.5) is 0 Å². The number of nitrogens with zero attached hydrogens (tertiary/aromatic N) is 3. The second-order valence-corrected chi connectivity index (χ2v) is 3.00. The average Bonchev–Trinajstić information content (AvgIpc) is 1.99. The summed E-state index contributed by atoms with van der Waals surface area (Å²) >= 11 is 1.38. The molecule has 6 heteroatoms. The Morgan fingerprint density at radius 3 is 3.18 bits per heavy atom. The highest BCUT2D eigenvalue weighted by Crippen LogP contribution is 2.08. The average molecular weight is 172 g/mol. The predicted octanol–water partition coefficient (Wildman–Crippen LogP) is -0.536. The van der Waals surface area contributed by atoms with Crippen molar-refractivity contribution in [3.63, 3.8) is 0 Å². The van der Waals surface area contributed by atoms with Gasteiger partial charge in [-0.1, -0.05) is 18.7 Å². The number of rotatable bonds is 2. The van der Waals surface area contributed by atoms with Crippen molar-refractivity contribution in [3.8, 4) is 0 Å². The Labute approximate surface area is 67.6 Å². The van der Waals surface area contributed by atoms with Gasteiger partial charge in [-0.3, -0.25) is 4.79 Å². The van der Waals surface area contributed by atoms with Gasteiger partial charge in [-0.25, -0.2) is 0 Å². The third-order valence-corrected chi connectivity index (χ3v) is 1.85. The van der Waals surface area contributed by atoms with Crippen LogP contribution in [0, 0.1) is 0 Å². The highest BCUT2D eigenvalue weighted by Gasteiger charge is 2.00. The minimum Gasteiger partial charge on any atom is -0.334 e. The normalized spacial score (nSPS) is 9.91. The summed E-state index contributed by atoms with van der Waals surface area (Å²) in [4.78, 5) is 10.8. The van der Waals surface area contributed by atoms with E-state index in [1.54, 1.807) is 0 Å². The van der Waals surface area contributed by atoms with E-state index in [-0.39, 0.29) is 5.56 Å². The zero-order valence-electron chi connectivity index (χ0n) is 6.02. The molecule has 0 spiro atoms. The van der Waals surface area contributed by atoms with Crippen molar-refractivity contribution in [2.45, 2.75) is 12.1 Å². The molecule has 1 rings (SSSR count). The van der Waals surface area contributed by atoms with Gasteiger partial charge in [0.25, 0.3) is 5.56 Å². The molecule has 0 saturated carbocycles. The third-order valence-electron chi connectivity index (χ3n) is 1.03. The van der Waals surface area contributed by atoms with E-state index in [1.165, 1.54) is 11.8 Å². The predicted molar refractivity (Wildman–Crippen MR) is 42.8 cm³/mol. The molecule has 0 aliphatic heterocycles. The van der Waals surface area contributed by atoms with Crippen molar-refractivity contribution < 1.29 is 0 Å². The molecule has 0 aliphatic rings. The number of hydrogen-bond donors (Lipinski definition) is 1. The van der Waals surface area contributed by atoms with Gasteiger partial charge in [0, 0.05) is 0 Å². The van der Waals surface area contributed by atoms with Gasteiger partial charge < -0.3 is 5.84 Å².